The minimum absolute atomic E-state index is 0.115. The lowest BCUT2D eigenvalue weighted by Gasteiger charge is -2.27. The van der Waals surface area contributed by atoms with Crippen LogP contribution in [0.1, 0.15) is 26.3 Å². The van der Waals surface area contributed by atoms with E-state index in [0.29, 0.717) is 23.8 Å². The van der Waals surface area contributed by atoms with E-state index in [9.17, 15) is 9.90 Å². The van der Waals surface area contributed by atoms with Crippen LogP contribution in [0, 0.1) is 6.92 Å². The van der Waals surface area contributed by atoms with Gasteiger partial charge in [0, 0.05) is 17.3 Å². The van der Waals surface area contributed by atoms with Gasteiger partial charge in [0.05, 0.1) is 12.1 Å². The molecule has 1 rings (SSSR count). The van der Waals surface area contributed by atoms with Crippen molar-refractivity contribution in [3.8, 4) is 0 Å². The number of aryl methyl sites for hydroxylation is 1. The van der Waals surface area contributed by atoms with E-state index in [1.165, 1.54) is 0 Å². The second kappa shape index (κ2) is 7.07. The molecule has 1 aromatic carbocycles. The van der Waals surface area contributed by atoms with E-state index in [4.69, 9.17) is 11.6 Å². The van der Waals surface area contributed by atoms with Gasteiger partial charge in [-0.25, -0.2) is 0 Å². The van der Waals surface area contributed by atoms with Crippen LogP contribution in [-0.4, -0.2) is 41.1 Å². The van der Waals surface area contributed by atoms with Gasteiger partial charge in [-0.05, 0) is 45.0 Å². The van der Waals surface area contributed by atoms with E-state index < -0.39 is 5.60 Å². The van der Waals surface area contributed by atoms with Crippen LogP contribution in [-0.2, 0) is 4.79 Å². The zero-order valence-corrected chi connectivity index (χ0v) is 13.3. The number of aliphatic hydroxyl groups is 1. The Labute approximate surface area is 125 Å². The van der Waals surface area contributed by atoms with Gasteiger partial charge < -0.3 is 10.4 Å². The van der Waals surface area contributed by atoms with Crippen molar-refractivity contribution in [3.63, 3.8) is 0 Å². The number of hydrogen-bond acceptors (Lipinski definition) is 3. The molecule has 2 N–H and O–H groups in total. The van der Waals surface area contributed by atoms with E-state index in [1.807, 2.05) is 30.9 Å². The van der Waals surface area contributed by atoms with Crippen LogP contribution in [0.2, 0.25) is 5.02 Å². The van der Waals surface area contributed by atoms with Crippen LogP contribution in [0.15, 0.2) is 18.2 Å². The summed E-state index contributed by atoms with van der Waals surface area (Å²) in [6.07, 6.45) is 0. The fourth-order valence-electron chi connectivity index (χ4n) is 1.90. The van der Waals surface area contributed by atoms with Gasteiger partial charge in [-0.1, -0.05) is 24.6 Å². The van der Waals surface area contributed by atoms with Gasteiger partial charge in [0.2, 0.25) is 5.91 Å². The number of anilines is 1. The minimum Gasteiger partial charge on any atom is -0.389 e. The van der Waals surface area contributed by atoms with Crippen molar-refractivity contribution in [3.05, 3.63) is 28.8 Å². The Morgan fingerprint density at radius 1 is 1.45 bits per heavy atom. The van der Waals surface area contributed by atoms with Gasteiger partial charge in [-0.15, -0.1) is 0 Å². The number of rotatable bonds is 6. The van der Waals surface area contributed by atoms with Crippen molar-refractivity contribution in [2.75, 3.05) is 25.0 Å². The van der Waals surface area contributed by atoms with Crippen LogP contribution in [0.25, 0.3) is 0 Å². The maximum absolute atomic E-state index is 12.0. The molecule has 0 aliphatic heterocycles. The average Bonchev–Trinajstić information content (AvgIpc) is 2.31. The highest BCUT2D eigenvalue weighted by Crippen LogP contribution is 2.19. The summed E-state index contributed by atoms with van der Waals surface area (Å²) < 4.78 is 0. The van der Waals surface area contributed by atoms with Crippen LogP contribution >= 0.6 is 11.6 Å². The smallest absolute Gasteiger partial charge is 0.238 e. The van der Waals surface area contributed by atoms with E-state index in [0.717, 1.165) is 5.56 Å². The van der Waals surface area contributed by atoms with Crippen molar-refractivity contribution >= 4 is 23.2 Å². The molecule has 1 aromatic rings. The molecule has 0 saturated heterocycles. The SMILES string of the molecule is CCN(CC(=O)Nc1ccc(C)c(Cl)c1)CC(C)(C)O. The predicted octanol–water partition coefficient (Wildman–Crippen LogP) is 2.68. The first-order valence-electron chi connectivity index (χ1n) is 6.72. The molecule has 0 atom stereocenters. The Bertz CT molecular complexity index is 469. The Hall–Kier alpha value is -1.10. The molecule has 0 saturated carbocycles. The summed E-state index contributed by atoms with van der Waals surface area (Å²) in [6.45, 7) is 8.72. The largest absolute Gasteiger partial charge is 0.389 e. The van der Waals surface area contributed by atoms with E-state index in [-0.39, 0.29) is 12.5 Å². The number of nitrogens with one attached hydrogen (secondary N) is 1. The molecule has 0 radical (unpaired) electrons. The maximum Gasteiger partial charge on any atom is 0.238 e. The fourth-order valence-corrected chi connectivity index (χ4v) is 2.08. The molecule has 0 fully saturated rings. The number of carbonyl (C=O) groups is 1. The second-order valence-electron chi connectivity index (χ2n) is 5.63. The lowest BCUT2D eigenvalue weighted by Crippen LogP contribution is -2.42. The molecular formula is C15H23ClN2O2. The molecule has 4 nitrogen and oxygen atoms in total. The summed E-state index contributed by atoms with van der Waals surface area (Å²) in [4.78, 5) is 13.9. The van der Waals surface area contributed by atoms with Crippen LogP contribution in [0.5, 0.6) is 0 Å². The Morgan fingerprint density at radius 2 is 2.10 bits per heavy atom. The molecule has 0 aliphatic rings. The fraction of sp³-hybridized carbons (Fsp3) is 0.533. The second-order valence-corrected chi connectivity index (χ2v) is 6.04. The standard InChI is InChI=1S/C15H23ClN2O2/c1-5-18(10-15(3,4)20)9-14(19)17-12-7-6-11(2)13(16)8-12/h6-8,20H,5,9-10H2,1-4H3,(H,17,19). The quantitative estimate of drug-likeness (QED) is 0.849. The Balaban J connectivity index is 2.59. The molecule has 0 aliphatic carbocycles. The predicted molar refractivity (Wildman–Crippen MR) is 83.2 cm³/mol. The zero-order valence-electron chi connectivity index (χ0n) is 12.5. The van der Waals surface area contributed by atoms with Crippen molar-refractivity contribution in [1.82, 2.24) is 4.90 Å². The molecule has 5 heteroatoms. The highest BCUT2D eigenvalue weighted by Gasteiger charge is 2.19. The first-order valence-corrected chi connectivity index (χ1v) is 7.10. The third-order valence-corrected chi connectivity index (χ3v) is 3.29. The summed E-state index contributed by atoms with van der Waals surface area (Å²) >= 11 is 6.02. The summed E-state index contributed by atoms with van der Waals surface area (Å²) in [5, 5.41) is 13.2. The highest BCUT2D eigenvalue weighted by molar-refractivity contribution is 6.31. The van der Waals surface area contributed by atoms with Crippen LogP contribution in [0.3, 0.4) is 0 Å². The monoisotopic (exact) mass is 298 g/mol. The van der Waals surface area contributed by atoms with E-state index in [2.05, 4.69) is 5.32 Å². The lowest BCUT2D eigenvalue weighted by atomic mass is 10.1. The van der Waals surface area contributed by atoms with Gasteiger partial charge in [0.15, 0.2) is 0 Å². The van der Waals surface area contributed by atoms with Crippen LogP contribution in [0.4, 0.5) is 5.69 Å². The van der Waals surface area contributed by atoms with Crippen LogP contribution < -0.4 is 5.32 Å². The van der Waals surface area contributed by atoms with Crippen molar-refractivity contribution in [2.24, 2.45) is 0 Å². The molecule has 0 unspecified atom stereocenters. The van der Waals surface area contributed by atoms with Gasteiger partial charge in [-0.2, -0.15) is 0 Å². The van der Waals surface area contributed by atoms with Gasteiger partial charge in [0.1, 0.15) is 0 Å². The summed E-state index contributed by atoms with van der Waals surface area (Å²) in [5.41, 5.74) is 0.843. The third kappa shape index (κ3) is 5.90. The summed E-state index contributed by atoms with van der Waals surface area (Å²) in [5.74, 6) is -0.115. The van der Waals surface area contributed by atoms with Gasteiger partial charge in [-0.3, -0.25) is 9.69 Å². The molecule has 0 heterocycles. The summed E-state index contributed by atoms with van der Waals surface area (Å²) in [6, 6.07) is 5.43. The van der Waals surface area contributed by atoms with Gasteiger partial charge >= 0.3 is 0 Å². The first-order chi connectivity index (χ1) is 9.21. The Morgan fingerprint density at radius 3 is 2.60 bits per heavy atom. The third-order valence-electron chi connectivity index (χ3n) is 2.88. The number of benzene rings is 1. The number of hydrogen-bond donors (Lipinski definition) is 2. The molecule has 0 aromatic heterocycles. The number of halogens is 1. The normalized spacial score (nSPS) is 11.8. The lowest BCUT2D eigenvalue weighted by molar-refractivity contribution is -0.117. The number of nitrogens with zero attached hydrogens (tertiary/aromatic N) is 1. The molecule has 112 valence electrons. The van der Waals surface area contributed by atoms with E-state index in [1.54, 1.807) is 19.9 Å². The average molecular weight is 299 g/mol. The van der Waals surface area contributed by atoms with Crippen molar-refractivity contribution < 1.29 is 9.90 Å². The number of amides is 1. The Kier molecular flexibility index (Phi) is 5.99. The maximum atomic E-state index is 12.0. The molecule has 1 amide bonds. The first kappa shape index (κ1) is 17.0. The minimum atomic E-state index is -0.816. The van der Waals surface area contributed by atoms with Crippen molar-refractivity contribution in [1.29, 1.82) is 0 Å². The number of likely N-dealkylation sites (N-methyl/N-ethyl adjacent to an activating group) is 1. The van der Waals surface area contributed by atoms with E-state index >= 15 is 0 Å². The molecular weight excluding hydrogens is 276 g/mol. The van der Waals surface area contributed by atoms with Gasteiger partial charge in [0.25, 0.3) is 0 Å². The van der Waals surface area contributed by atoms with Crippen molar-refractivity contribution in [2.45, 2.75) is 33.3 Å². The zero-order chi connectivity index (χ0) is 15.3. The molecule has 0 spiro atoms. The highest BCUT2D eigenvalue weighted by atomic mass is 35.5. The molecule has 20 heavy (non-hydrogen) atoms. The topological polar surface area (TPSA) is 52.6 Å². The summed E-state index contributed by atoms with van der Waals surface area (Å²) in [7, 11) is 0. The molecule has 0 bridgehead atoms. The number of carbonyl (C=O) groups excluding carboxylic acids is 1.